The van der Waals surface area contributed by atoms with Crippen molar-refractivity contribution >= 4 is 12.6 Å². The summed E-state index contributed by atoms with van der Waals surface area (Å²) in [4.78, 5) is 20.1. The summed E-state index contributed by atoms with van der Waals surface area (Å²) in [5.74, 6) is 0. The van der Waals surface area contributed by atoms with Gasteiger partial charge in [-0.15, -0.1) is 0 Å². The monoisotopic (exact) mass is 131 g/mol. The zero-order valence-corrected chi connectivity index (χ0v) is 4.91. The van der Waals surface area contributed by atoms with Crippen molar-refractivity contribution in [3.8, 4) is 0 Å². The summed E-state index contributed by atoms with van der Waals surface area (Å²) in [6, 6.07) is 0. The third kappa shape index (κ3) is 1.58. The number of carbonyl (C=O) groups excluding carboxylic acids is 2. The molecule has 0 rings (SSSR count). The van der Waals surface area contributed by atoms with E-state index in [-0.39, 0.29) is 6.54 Å². The SMILES string of the molecule is NCC(C=O)(C=O)CO. The number of carbonyl (C=O) groups is 2. The molecular formula is C5H9NO3. The third-order valence-electron chi connectivity index (χ3n) is 1.14. The Morgan fingerprint density at radius 2 is 1.89 bits per heavy atom. The van der Waals surface area contributed by atoms with E-state index >= 15 is 0 Å². The lowest BCUT2D eigenvalue weighted by molar-refractivity contribution is -0.127. The smallest absolute Gasteiger partial charge is 0.136 e. The van der Waals surface area contributed by atoms with Gasteiger partial charge in [0.25, 0.3) is 0 Å². The van der Waals surface area contributed by atoms with Crippen molar-refractivity contribution in [1.29, 1.82) is 0 Å². The molecule has 4 heteroatoms. The Balaban J connectivity index is 4.15. The van der Waals surface area contributed by atoms with Gasteiger partial charge in [0.1, 0.15) is 18.0 Å². The average Bonchev–Trinajstić information content (AvgIpc) is 1.95. The quantitative estimate of drug-likeness (QED) is 0.353. The maximum Gasteiger partial charge on any atom is 0.136 e. The Hall–Kier alpha value is -0.740. The summed E-state index contributed by atoms with van der Waals surface area (Å²) in [6.45, 7) is -0.660. The van der Waals surface area contributed by atoms with Crippen molar-refractivity contribution in [2.24, 2.45) is 11.1 Å². The van der Waals surface area contributed by atoms with Gasteiger partial charge in [0.15, 0.2) is 0 Å². The van der Waals surface area contributed by atoms with Crippen LogP contribution >= 0.6 is 0 Å². The predicted octanol–water partition coefficient (Wildman–Crippen LogP) is -1.68. The molecule has 0 radical (unpaired) electrons. The summed E-state index contributed by atoms with van der Waals surface area (Å²) in [7, 11) is 0. The maximum absolute atomic E-state index is 10.0. The first kappa shape index (κ1) is 8.26. The summed E-state index contributed by atoms with van der Waals surface area (Å²) < 4.78 is 0. The Bertz CT molecular complexity index is 98.8. The second-order valence-corrected chi connectivity index (χ2v) is 1.83. The molecule has 0 aromatic heterocycles. The predicted molar refractivity (Wildman–Crippen MR) is 30.7 cm³/mol. The molecule has 0 spiro atoms. The van der Waals surface area contributed by atoms with Gasteiger partial charge in [0.2, 0.25) is 0 Å². The average molecular weight is 131 g/mol. The van der Waals surface area contributed by atoms with Gasteiger partial charge in [-0.25, -0.2) is 0 Å². The number of rotatable bonds is 4. The number of hydrogen-bond acceptors (Lipinski definition) is 4. The van der Waals surface area contributed by atoms with Crippen LogP contribution in [0.2, 0.25) is 0 Å². The Labute approximate surface area is 52.7 Å². The van der Waals surface area contributed by atoms with Crippen molar-refractivity contribution in [2.75, 3.05) is 13.2 Å². The fourth-order valence-corrected chi connectivity index (χ4v) is 0.263. The number of aldehydes is 2. The molecule has 0 aromatic rings. The van der Waals surface area contributed by atoms with E-state index in [1.807, 2.05) is 0 Å². The van der Waals surface area contributed by atoms with Crippen LogP contribution in [0, 0.1) is 5.41 Å². The minimum Gasteiger partial charge on any atom is -0.395 e. The number of hydrogen-bond donors (Lipinski definition) is 2. The molecule has 0 aliphatic carbocycles. The van der Waals surface area contributed by atoms with Gasteiger partial charge in [-0.2, -0.15) is 0 Å². The van der Waals surface area contributed by atoms with E-state index in [0.717, 1.165) is 0 Å². The van der Waals surface area contributed by atoms with E-state index in [4.69, 9.17) is 10.8 Å². The molecule has 0 saturated carbocycles. The molecule has 0 amide bonds. The first-order chi connectivity index (χ1) is 4.24. The van der Waals surface area contributed by atoms with Crippen LogP contribution in [-0.2, 0) is 9.59 Å². The van der Waals surface area contributed by atoms with Crippen LogP contribution in [0.5, 0.6) is 0 Å². The second kappa shape index (κ2) is 3.32. The molecule has 9 heavy (non-hydrogen) atoms. The molecule has 0 aliphatic heterocycles. The minimum atomic E-state index is -1.36. The third-order valence-corrected chi connectivity index (χ3v) is 1.14. The summed E-state index contributed by atoms with van der Waals surface area (Å²) in [6.07, 6.45) is 0.722. The number of nitrogens with two attached hydrogens (primary N) is 1. The largest absolute Gasteiger partial charge is 0.395 e. The standard InChI is InChI=1S/C5H9NO3/c6-1-5(2-7,3-8)4-9/h2-3,9H,1,4,6H2. The zero-order valence-electron chi connectivity index (χ0n) is 4.91. The summed E-state index contributed by atoms with van der Waals surface area (Å²) in [5, 5.41) is 8.43. The van der Waals surface area contributed by atoms with E-state index < -0.39 is 12.0 Å². The van der Waals surface area contributed by atoms with Crippen LogP contribution in [0.15, 0.2) is 0 Å². The Morgan fingerprint density at radius 1 is 1.44 bits per heavy atom. The summed E-state index contributed by atoms with van der Waals surface area (Å²) in [5.41, 5.74) is 3.66. The van der Waals surface area contributed by atoms with Gasteiger partial charge in [-0.05, 0) is 0 Å². The molecule has 0 fully saturated rings. The second-order valence-electron chi connectivity index (χ2n) is 1.83. The van der Waals surface area contributed by atoms with Crippen LogP contribution in [0.1, 0.15) is 0 Å². The highest BCUT2D eigenvalue weighted by Gasteiger charge is 2.25. The van der Waals surface area contributed by atoms with Crippen LogP contribution in [0.3, 0.4) is 0 Å². The maximum atomic E-state index is 10.0. The lowest BCUT2D eigenvalue weighted by Gasteiger charge is -2.13. The van der Waals surface area contributed by atoms with E-state index in [9.17, 15) is 9.59 Å². The van der Waals surface area contributed by atoms with Gasteiger partial charge in [0, 0.05) is 6.54 Å². The fraction of sp³-hybridized carbons (Fsp3) is 0.600. The van der Waals surface area contributed by atoms with Gasteiger partial charge in [-0.3, -0.25) is 0 Å². The lowest BCUT2D eigenvalue weighted by atomic mass is 9.94. The highest BCUT2D eigenvalue weighted by Crippen LogP contribution is 2.04. The van der Waals surface area contributed by atoms with Crippen LogP contribution in [0.4, 0.5) is 0 Å². The molecule has 52 valence electrons. The van der Waals surface area contributed by atoms with Crippen LogP contribution in [-0.4, -0.2) is 30.8 Å². The fourth-order valence-electron chi connectivity index (χ4n) is 0.263. The van der Waals surface area contributed by atoms with Crippen molar-refractivity contribution in [1.82, 2.24) is 0 Å². The zero-order chi connectivity index (χ0) is 7.33. The van der Waals surface area contributed by atoms with Gasteiger partial charge >= 0.3 is 0 Å². The number of aliphatic hydroxyl groups is 1. The normalized spacial score (nSPS) is 10.9. The van der Waals surface area contributed by atoms with Crippen molar-refractivity contribution in [2.45, 2.75) is 0 Å². The van der Waals surface area contributed by atoms with E-state index in [2.05, 4.69) is 0 Å². The summed E-state index contributed by atoms with van der Waals surface area (Å²) >= 11 is 0. The molecule has 0 aromatic carbocycles. The highest BCUT2D eigenvalue weighted by molar-refractivity contribution is 5.84. The van der Waals surface area contributed by atoms with Gasteiger partial charge in [0.05, 0.1) is 6.61 Å². The highest BCUT2D eigenvalue weighted by atomic mass is 16.3. The molecule has 0 bridgehead atoms. The first-order valence-electron chi connectivity index (χ1n) is 2.48. The Kier molecular flexibility index (Phi) is 3.05. The lowest BCUT2D eigenvalue weighted by Crippen LogP contribution is -2.37. The molecule has 3 N–H and O–H groups in total. The van der Waals surface area contributed by atoms with Crippen molar-refractivity contribution in [3.05, 3.63) is 0 Å². The minimum absolute atomic E-state index is 0.142. The molecule has 4 nitrogen and oxygen atoms in total. The van der Waals surface area contributed by atoms with E-state index in [1.165, 1.54) is 0 Å². The first-order valence-corrected chi connectivity index (χ1v) is 2.48. The topological polar surface area (TPSA) is 80.4 Å². The van der Waals surface area contributed by atoms with Crippen molar-refractivity contribution < 1.29 is 14.7 Å². The number of aliphatic hydroxyl groups excluding tert-OH is 1. The van der Waals surface area contributed by atoms with Crippen LogP contribution < -0.4 is 5.73 Å². The molecule has 0 unspecified atom stereocenters. The molecule has 0 heterocycles. The molecule has 0 atom stereocenters. The van der Waals surface area contributed by atoms with Gasteiger partial charge in [-0.1, -0.05) is 0 Å². The van der Waals surface area contributed by atoms with E-state index in [0.29, 0.717) is 12.6 Å². The molecule has 0 aliphatic rings. The van der Waals surface area contributed by atoms with Crippen LogP contribution in [0.25, 0.3) is 0 Å². The Morgan fingerprint density at radius 3 is 1.89 bits per heavy atom. The van der Waals surface area contributed by atoms with E-state index in [1.54, 1.807) is 0 Å². The molecule has 0 saturated heterocycles. The van der Waals surface area contributed by atoms with Crippen molar-refractivity contribution in [3.63, 3.8) is 0 Å². The van der Waals surface area contributed by atoms with Gasteiger partial charge < -0.3 is 20.4 Å². The molecular weight excluding hydrogens is 122 g/mol.